The second-order valence-corrected chi connectivity index (χ2v) is 8.55. The molecule has 2 rings (SSSR count). The smallest absolute Gasteiger partial charge is 0.234 e. The number of rotatable bonds is 8. The van der Waals surface area contributed by atoms with Crippen LogP contribution in [0.5, 0.6) is 0 Å². The standard InChI is InChI=1S/C18H30FN5O2S.HI/c1-15-6-7-16(14-17(15)19)23-27(25,26)13-9-22-18(20-2)21-8-12-24-10-4-3-5-11-24;/h6-7,14,23H,3-5,8-13H2,1-2H3,(H2,20,21,22);1H. The summed E-state index contributed by atoms with van der Waals surface area (Å²) in [6.07, 6.45) is 3.82. The largest absolute Gasteiger partial charge is 0.355 e. The van der Waals surface area contributed by atoms with Crippen molar-refractivity contribution >= 4 is 45.6 Å². The zero-order chi connectivity index (χ0) is 19.7. The van der Waals surface area contributed by atoms with Crippen molar-refractivity contribution in [3.8, 4) is 0 Å². The first kappa shape index (κ1) is 24.9. The maximum Gasteiger partial charge on any atom is 0.234 e. The summed E-state index contributed by atoms with van der Waals surface area (Å²) in [5.74, 6) is -0.00907. The van der Waals surface area contributed by atoms with E-state index in [1.54, 1.807) is 26.1 Å². The Hall–Kier alpha value is -1.14. The SMILES string of the molecule is CN=C(NCCN1CCCCC1)NCCS(=O)(=O)Nc1ccc(C)c(F)c1.I. The van der Waals surface area contributed by atoms with E-state index >= 15 is 0 Å². The average Bonchev–Trinajstić information content (AvgIpc) is 2.64. The normalized spacial score (nSPS) is 15.6. The van der Waals surface area contributed by atoms with Gasteiger partial charge >= 0.3 is 0 Å². The van der Waals surface area contributed by atoms with Crippen molar-refractivity contribution in [3.63, 3.8) is 0 Å². The summed E-state index contributed by atoms with van der Waals surface area (Å²) in [4.78, 5) is 6.52. The lowest BCUT2D eigenvalue weighted by molar-refractivity contribution is 0.232. The minimum atomic E-state index is -3.58. The zero-order valence-electron chi connectivity index (χ0n) is 16.5. The number of benzene rings is 1. The highest BCUT2D eigenvalue weighted by Gasteiger charge is 2.12. The molecule has 1 aliphatic rings. The fraction of sp³-hybridized carbons (Fsp3) is 0.611. The quantitative estimate of drug-likeness (QED) is 0.274. The summed E-state index contributed by atoms with van der Waals surface area (Å²) in [6.45, 7) is 5.80. The highest BCUT2D eigenvalue weighted by atomic mass is 127. The lowest BCUT2D eigenvalue weighted by atomic mass is 10.1. The van der Waals surface area contributed by atoms with E-state index < -0.39 is 15.8 Å². The Kier molecular flexibility index (Phi) is 11.1. The van der Waals surface area contributed by atoms with Crippen LogP contribution in [-0.4, -0.2) is 64.8 Å². The van der Waals surface area contributed by atoms with E-state index in [0.29, 0.717) is 11.5 Å². The molecule has 7 nitrogen and oxygen atoms in total. The molecule has 0 bridgehead atoms. The molecule has 1 aromatic rings. The molecule has 3 N–H and O–H groups in total. The summed E-state index contributed by atoms with van der Waals surface area (Å²) >= 11 is 0. The van der Waals surface area contributed by atoms with Gasteiger partial charge in [0.1, 0.15) is 5.82 Å². The number of sulfonamides is 1. The molecule has 1 saturated heterocycles. The van der Waals surface area contributed by atoms with Crippen molar-refractivity contribution in [1.29, 1.82) is 0 Å². The van der Waals surface area contributed by atoms with Gasteiger partial charge in [0.05, 0.1) is 11.4 Å². The van der Waals surface area contributed by atoms with Crippen LogP contribution in [0.1, 0.15) is 24.8 Å². The molecule has 28 heavy (non-hydrogen) atoms. The molecule has 160 valence electrons. The number of halogens is 2. The zero-order valence-corrected chi connectivity index (χ0v) is 19.6. The van der Waals surface area contributed by atoms with Gasteiger partial charge in [0.15, 0.2) is 5.96 Å². The summed E-state index contributed by atoms with van der Waals surface area (Å²) in [5.41, 5.74) is 0.696. The molecule has 1 fully saturated rings. The Morgan fingerprint density at radius 3 is 2.50 bits per heavy atom. The van der Waals surface area contributed by atoms with E-state index in [0.717, 1.165) is 26.2 Å². The number of anilines is 1. The molecule has 1 aromatic carbocycles. The van der Waals surface area contributed by atoms with Crippen LogP contribution in [0.15, 0.2) is 23.2 Å². The highest BCUT2D eigenvalue weighted by molar-refractivity contribution is 14.0. The van der Waals surface area contributed by atoms with Gasteiger partial charge in [0.2, 0.25) is 10.0 Å². The Balaban J connectivity index is 0.00000392. The maximum absolute atomic E-state index is 13.5. The van der Waals surface area contributed by atoms with E-state index in [-0.39, 0.29) is 42.0 Å². The van der Waals surface area contributed by atoms with Crippen molar-refractivity contribution in [3.05, 3.63) is 29.6 Å². The number of nitrogens with one attached hydrogen (secondary N) is 3. The van der Waals surface area contributed by atoms with Crippen molar-refractivity contribution in [1.82, 2.24) is 15.5 Å². The van der Waals surface area contributed by atoms with Gasteiger partial charge in [-0.15, -0.1) is 24.0 Å². The van der Waals surface area contributed by atoms with Crippen LogP contribution in [0.3, 0.4) is 0 Å². The summed E-state index contributed by atoms with van der Waals surface area (Å²) < 4.78 is 40.2. The van der Waals surface area contributed by atoms with Crippen LogP contribution in [0, 0.1) is 12.7 Å². The molecule has 0 atom stereocenters. The third-order valence-corrected chi connectivity index (χ3v) is 5.79. The van der Waals surface area contributed by atoms with Crippen molar-refractivity contribution in [2.45, 2.75) is 26.2 Å². The topological polar surface area (TPSA) is 85.8 Å². The third kappa shape index (κ3) is 8.91. The number of piperidine rings is 1. The fourth-order valence-corrected chi connectivity index (χ4v) is 3.89. The molecule has 0 saturated carbocycles. The molecule has 0 radical (unpaired) electrons. The first-order chi connectivity index (χ1) is 12.9. The molecule has 0 aliphatic carbocycles. The van der Waals surface area contributed by atoms with Crippen LogP contribution in [0.25, 0.3) is 0 Å². The molecule has 0 unspecified atom stereocenters. The average molecular weight is 527 g/mol. The van der Waals surface area contributed by atoms with E-state index in [1.807, 2.05) is 0 Å². The van der Waals surface area contributed by atoms with E-state index in [4.69, 9.17) is 0 Å². The van der Waals surface area contributed by atoms with E-state index in [1.165, 1.54) is 25.3 Å². The van der Waals surface area contributed by atoms with Crippen molar-refractivity contribution in [2.24, 2.45) is 4.99 Å². The van der Waals surface area contributed by atoms with Crippen molar-refractivity contribution < 1.29 is 12.8 Å². The summed E-state index contributed by atoms with van der Waals surface area (Å²) in [6, 6.07) is 4.27. The second kappa shape index (κ2) is 12.4. The van der Waals surface area contributed by atoms with Crippen LogP contribution < -0.4 is 15.4 Å². The summed E-state index contributed by atoms with van der Waals surface area (Å²) in [7, 11) is -1.93. The number of hydrogen-bond donors (Lipinski definition) is 3. The van der Waals surface area contributed by atoms with E-state index in [2.05, 4.69) is 25.2 Å². The predicted octanol–water partition coefficient (Wildman–Crippen LogP) is 2.14. The van der Waals surface area contributed by atoms with Crippen LogP contribution >= 0.6 is 24.0 Å². The number of aliphatic imine (C=N–C) groups is 1. The molecule has 1 aliphatic heterocycles. The number of hydrogen-bond acceptors (Lipinski definition) is 4. The fourth-order valence-electron chi connectivity index (χ4n) is 2.93. The van der Waals surface area contributed by atoms with Gasteiger partial charge in [-0.2, -0.15) is 0 Å². The third-order valence-electron chi connectivity index (χ3n) is 4.50. The minimum absolute atomic E-state index is 0. The van der Waals surface area contributed by atoms with Crippen LogP contribution in [0.2, 0.25) is 0 Å². The molecule has 10 heteroatoms. The van der Waals surface area contributed by atoms with Crippen LogP contribution in [0.4, 0.5) is 10.1 Å². The van der Waals surface area contributed by atoms with Gasteiger partial charge in [-0.25, -0.2) is 12.8 Å². The molecule has 1 heterocycles. The first-order valence-electron chi connectivity index (χ1n) is 9.33. The molecule has 0 spiro atoms. The van der Waals surface area contributed by atoms with Gasteiger partial charge in [0.25, 0.3) is 0 Å². The lowest BCUT2D eigenvalue weighted by Crippen LogP contribution is -2.44. The van der Waals surface area contributed by atoms with Gasteiger partial charge < -0.3 is 15.5 Å². The van der Waals surface area contributed by atoms with E-state index in [9.17, 15) is 12.8 Å². The molecular formula is C18H31FIN5O2S. The number of aryl methyl sites for hydroxylation is 1. The number of guanidine groups is 1. The highest BCUT2D eigenvalue weighted by Crippen LogP contribution is 2.14. The first-order valence-corrected chi connectivity index (χ1v) is 11.0. The Labute approximate surface area is 184 Å². The molecular weight excluding hydrogens is 496 g/mol. The Morgan fingerprint density at radius 2 is 1.86 bits per heavy atom. The lowest BCUT2D eigenvalue weighted by Gasteiger charge is -2.26. The second-order valence-electron chi connectivity index (χ2n) is 6.71. The Bertz CT molecular complexity index is 739. The Morgan fingerprint density at radius 1 is 1.18 bits per heavy atom. The number of likely N-dealkylation sites (tertiary alicyclic amines) is 1. The van der Waals surface area contributed by atoms with Crippen LogP contribution in [-0.2, 0) is 10.0 Å². The molecule has 0 aromatic heterocycles. The maximum atomic E-state index is 13.5. The summed E-state index contributed by atoms with van der Waals surface area (Å²) in [5, 5.41) is 6.20. The predicted molar refractivity (Wildman–Crippen MR) is 124 cm³/mol. The van der Waals surface area contributed by atoms with Gasteiger partial charge in [0, 0.05) is 26.7 Å². The van der Waals surface area contributed by atoms with Gasteiger partial charge in [-0.1, -0.05) is 12.5 Å². The number of nitrogens with zero attached hydrogens (tertiary/aromatic N) is 2. The van der Waals surface area contributed by atoms with Gasteiger partial charge in [-0.05, 0) is 50.6 Å². The van der Waals surface area contributed by atoms with Gasteiger partial charge in [-0.3, -0.25) is 9.71 Å². The minimum Gasteiger partial charge on any atom is -0.355 e. The monoisotopic (exact) mass is 527 g/mol. The van der Waals surface area contributed by atoms with Crippen molar-refractivity contribution in [2.75, 3.05) is 50.2 Å². The molecule has 0 amide bonds.